The van der Waals surface area contributed by atoms with Gasteiger partial charge in [-0.05, 0) is 48.6 Å². The second-order valence-corrected chi connectivity index (χ2v) is 10.00. The van der Waals surface area contributed by atoms with E-state index >= 15 is 0 Å². The molecule has 2 aromatic carbocycles. The lowest BCUT2D eigenvalue weighted by Gasteiger charge is -2.11. The van der Waals surface area contributed by atoms with E-state index in [2.05, 4.69) is 0 Å². The highest BCUT2D eigenvalue weighted by atomic mass is 32.2. The number of sulfone groups is 1. The molecule has 0 saturated heterocycles. The van der Waals surface area contributed by atoms with Gasteiger partial charge in [0.05, 0.1) is 18.9 Å². The van der Waals surface area contributed by atoms with Crippen molar-refractivity contribution < 1.29 is 8.42 Å². The number of nitrogen functional groups attached to an aromatic ring is 2. The summed E-state index contributed by atoms with van der Waals surface area (Å²) in [5.41, 5.74) is 14.8. The summed E-state index contributed by atoms with van der Waals surface area (Å²) in [7, 11) is -3.75. The lowest BCUT2D eigenvalue weighted by atomic mass is 9.99. The highest BCUT2D eigenvalue weighted by molar-refractivity contribution is 8.01. The third-order valence-corrected chi connectivity index (χ3v) is 8.48. The molecule has 8 heteroatoms. The summed E-state index contributed by atoms with van der Waals surface area (Å²) in [5.74, 6) is -0.141. The number of hydrogen-bond donors (Lipinski definition) is 3. The first kappa shape index (κ1) is 19.5. The van der Waals surface area contributed by atoms with Crippen LogP contribution in [0.2, 0.25) is 0 Å². The minimum atomic E-state index is -3.75. The lowest BCUT2D eigenvalue weighted by molar-refractivity contribution is 0.595. The summed E-state index contributed by atoms with van der Waals surface area (Å²) in [6.45, 7) is 1.94. The highest BCUT2D eigenvalue weighted by Crippen LogP contribution is 2.38. The van der Waals surface area contributed by atoms with Crippen LogP contribution >= 0.6 is 23.1 Å². The SMILES string of the molecule is CSc1sc(C(=N)N)cc1S(=O)(=O)c1cccc(-c2c(C)cccc2N)c1. The molecular weight excluding hydrogens is 398 g/mol. The predicted molar refractivity (Wildman–Crippen MR) is 114 cm³/mol. The number of anilines is 1. The van der Waals surface area contributed by atoms with Gasteiger partial charge in [-0.25, -0.2) is 8.42 Å². The van der Waals surface area contributed by atoms with Gasteiger partial charge in [0.25, 0.3) is 0 Å². The summed E-state index contributed by atoms with van der Waals surface area (Å²) in [6.07, 6.45) is 1.80. The number of aryl methyl sites for hydroxylation is 1. The molecule has 0 spiro atoms. The van der Waals surface area contributed by atoms with E-state index < -0.39 is 9.84 Å². The molecule has 5 N–H and O–H groups in total. The van der Waals surface area contributed by atoms with Crippen molar-refractivity contribution in [3.05, 3.63) is 59.0 Å². The smallest absolute Gasteiger partial charge is 0.208 e. The minimum absolute atomic E-state index is 0.141. The fourth-order valence-electron chi connectivity index (χ4n) is 2.85. The molecule has 0 unspecified atom stereocenters. The molecule has 140 valence electrons. The standard InChI is InChI=1S/C19H19N3O2S3/c1-11-5-3-8-14(20)17(11)12-6-4-7-13(9-12)27(23,24)16-10-15(18(21)22)26-19(16)25-2/h3-10H,20H2,1-2H3,(H3,21,22). The van der Waals surface area contributed by atoms with Gasteiger partial charge in [0.1, 0.15) is 5.84 Å². The lowest BCUT2D eigenvalue weighted by Crippen LogP contribution is -2.08. The number of thioether (sulfide) groups is 1. The fourth-order valence-corrected chi connectivity index (χ4v) is 6.75. The first-order valence-corrected chi connectivity index (χ1v) is 11.5. The van der Waals surface area contributed by atoms with Gasteiger partial charge in [0.2, 0.25) is 9.84 Å². The Morgan fingerprint density at radius 2 is 1.85 bits per heavy atom. The summed E-state index contributed by atoms with van der Waals surface area (Å²) in [5, 5.41) is 7.59. The van der Waals surface area contributed by atoms with Gasteiger partial charge >= 0.3 is 0 Å². The number of nitrogens with two attached hydrogens (primary N) is 2. The first-order chi connectivity index (χ1) is 12.8. The average Bonchev–Trinajstić information content (AvgIpc) is 3.07. The molecule has 0 fully saturated rings. The van der Waals surface area contributed by atoms with Crippen LogP contribution in [-0.2, 0) is 9.84 Å². The topological polar surface area (TPSA) is 110 Å². The van der Waals surface area contributed by atoms with Crippen LogP contribution in [0, 0.1) is 12.3 Å². The van der Waals surface area contributed by atoms with E-state index in [4.69, 9.17) is 16.9 Å². The fraction of sp³-hybridized carbons (Fsp3) is 0.105. The Morgan fingerprint density at radius 3 is 2.48 bits per heavy atom. The molecule has 5 nitrogen and oxygen atoms in total. The number of benzene rings is 2. The normalized spacial score (nSPS) is 11.5. The molecule has 1 heterocycles. The molecule has 0 aliphatic heterocycles. The molecule has 27 heavy (non-hydrogen) atoms. The maximum atomic E-state index is 13.3. The number of hydrogen-bond acceptors (Lipinski definition) is 6. The van der Waals surface area contributed by atoms with Crippen LogP contribution in [0.3, 0.4) is 0 Å². The summed E-state index contributed by atoms with van der Waals surface area (Å²) >= 11 is 2.54. The maximum absolute atomic E-state index is 13.3. The van der Waals surface area contributed by atoms with Crippen molar-refractivity contribution in [2.24, 2.45) is 5.73 Å². The number of nitrogens with one attached hydrogen (secondary N) is 1. The van der Waals surface area contributed by atoms with E-state index in [1.807, 2.05) is 25.1 Å². The molecule has 0 aliphatic rings. The molecule has 3 rings (SSSR count). The molecule has 0 bridgehead atoms. The zero-order valence-electron chi connectivity index (χ0n) is 14.8. The van der Waals surface area contributed by atoms with Crippen LogP contribution in [-0.4, -0.2) is 20.5 Å². The number of amidine groups is 1. The Kier molecular flexibility index (Phi) is 5.32. The van der Waals surface area contributed by atoms with Crippen LogP contribution in [0.25, 0.3) is 11.1 Å². The van der Waals surface area contributed by atoms with E-state index in [-0.39, 0.29) is 15.6 Å². The molecule has 0 radical (unpaired) electrons. The summed E-state index contributed by atoms with van der Waals surface area (Å²) in [6, 6.07) is 13.9. The minimum Gasteiger partial charge on any atom is -0.398 e. The summed E-state index contributed by atoms with van der Waals surface area (Å²) in [4.78, 5) is 0.809. The van der Waals surface area contributed by atoms with Gasteiger partial charge in [-0.15, -0.1) is 23.1 Å². The second kappa shape index (κ2) is 7.38. The Hall–Kier alpha value is -2.29. The van der Waals surface area contributed by atoms with Crippen LogP contribution in [0.4, 0.5) is 5.69 Å². The molecule has 0 amide bonds. The summed E-state index contributed by atoms with van der Waals surface area (Å²) < 4.78 is 27.1. The average molecular weight is 418 g/mol. The van der Waals surface area contributed by atoms with Crippen LogP contribution in [0.15, 0.2) is 62.5 Å². The van der Waals surface area contributed by atoms with Crippen molar-refractivity contribution in [2.45, 2.75) is 20.9 Å². The second-order valence-electron chi connectivity index (χ2n) is 5.95. The van der Waals surface area contributed by atoms with Gasteiger partial charge in [0, 0.05) is 11.3 Å². The molecular formula is C19H19N3O2S3. The Labute approximate surface area is 166 Å². The quantitative estimate of drug-likeness (QED) is 0.250. The molecule has 0 aliphatic carbocycles. The molecule has 0 atom stereocenters. The largest absolute Gasteiger partial charge is 0.398 e. The van der Waals surface area contributed by atoms with Crippen molar-refractivity contribution in [1.82, 2.24) is 0 Å². The Morgan fingerprint density at radius 1 is 1.15 bits per heavy atom. The van der Waals surface area contributed by atoms with Gasteiger partial charge in [-0.1, -0.05) is 24.3 Å². The zero-order chi connectivity index (χ0) is 19.8. The zero-order valence-corrected chi connectivity index (χ0v) is 17.3. The van der Waals surface area contributed by atoms with Gasteiger partial charge in [-0.3, -0.25) is 5.41 Å². The molecule has 1 aromatic heterocycles. The maximum Gasteiger partial charge on any atom is 0.208 e. The highest BCUT2D eigenvalue weighted by Gasteiger charge is 2.25. The Bertz CT molecular complexity index is 1110. The van der Waals surface area contributed by atoms with Gasteiger partial charge < -0.3 is 11.5 Å². The van der Waals surface area contributed by atoms with E-state index in [0.717, 1.165) is 16.7 Å². The van der Waals surface area contributed by atoms with E-state index in [9.17, 15) is 8.42 Å². The van der Waals surface area contributed by atoms with Crippen molar-refractivity contribution in [3.8, 4) is 11.1 Å². The van der Waals surface area contributed by atoms with Gasteiger partial charge in [0.15, 0.2) is 0 Å². The van der Waals surface area contributed by atoms with Crippen molar-refractivity contribution in [3.63, 3.8) is 0 Å². The number of rotatable bonds is 5. The van der Waals surface area contributed by atoms with Crippen molar-refractivity contribution in [2.75, 3.05) is 12.0 Å². The monoisotopic (exact) mass is 417 g/mol. The third kappa shape index (κ3) is 3.60. The number of thiophene rings is 1. The van der Waals surface area contributed by atoms with Crippen molar-refractivity contribution in [1.29, 1.82) is 5.41 Å². The van der Waals surface area contributed by atoms with Crippen LogP contribution < -0.4 is 11.5 Å². The van der Waals surface area contributed by atoms with Crippen LogP contribution in [0.1, 0.15) is 10.4 Å². The van der Waals surface area contributed by atoms with Crippen molar-refractivity contribution >= 4 is 44.5 Å². The third-order valence-electron chi connectivity index (χ3n) is 4.14. The van der Waals surface area contributed by atoms with E-state index in [1.54, 1.807) is 30.5 Å². The first-order valence-electron chi connectivity index (χ1n) is 7.98. The van der Waals surface area contributed by atoms with E-state index in [1.165, 1.54) is 29.2 Å². The molecule has 3 aromatic rings. The predicted octanol–water partition coefficient (Wildman–Crippen LogP) is 4.14. The van der Waals surface area contributed by atoms with Crippen LogP contribution in [0.5, 0.6) is 0 Å². The Balaban J connectivity index is 2.16. The van der Waals surface area contributed by atoms with Gasteiger partial charge in [-0.2, -0.15) is 0 Å². The van der Waals surface area contributed by atoms with E-state index in [0.29, 0.717) is 14.8 Å². The molecule has 0 saturated carbocycles.